The molecule has 30 heavy (non-hydrogen) atoms. The van der Waals surface area contributed by atoms with Crippen molar-refractivity contribution in [3.63, 3.8) is 0 Å². The molecule has 0 amide bonds. The Labute approximate surface area is 175 Å². The second kappa shape index (κ2) is 7.00. The Morgan fingerprint density at radius 3 is 2.50 bits per heavy atom. The van der Waals surface area contributed by atoms with Crippen molar-refractivity contribution in [3.8, 4) is 0 Å². The van der Waals surface area contributed by atoms with Gasteiger partial charge >= 0.3 is 5.76 Å². The molecular weight excluding hydrogens is 411 g/mol. The highest BCUT2D eigenvalue weighted by Gasteiger charge is 2.63. The second-order valence-corrected chi connectivity index (χ2v) is 10.8. The van der Waals surface area contributed by atoms with Gasteiger partial charge in [0.15, 0.2) is 0 Å². The number of hydrogen-bond acceptors (Lipinski definition) is 5. The number of halogens is 1. The van der Waals surface area contributed by atoms with Gasteiger partial charge in [0.25, 0.3) is 10.2 Å². The van der Waals surface area contributed by atoms with E-state index in [2.05, 4.69) is 28.8 Å². The summed E-state index contributed by atoms with van der Waals surface area (Å²) in [5.74, 6) is -1.36. The van der Waals surface area contributed by atoms with E-state index in [1.165, 1.54) is 10.4 Å². The van der Waals surface area contributed by atoms with Crippen LogP contribution in [0.5, 0.6) is 0 Å². The molecule has 1 aliphatic heterocycles. The highest BCUT2D eigenvalue weighted by molar-refractivity contribution is 7.87. The fourth-order valence-corrected chi connectivity index (χ4v) is 6.29. The molecule has 4 rings (SSSR count). The van der Waals surface area contributed by atoms with E-state index in [1.54, 1.807) is 19.9 Å². The zero-order valence-corrected chi connectivity index (χ0v) is 18.5. The summed E-state index contributed by atoms with van der Waals surface area (Å²) in [6, 6.07) is 1.98. The highest BCUT2D eigenvalue weighted by atomic mass is 32.2. The van der Waals surface area contributed by atoms with E-state index in [4.69, 9.17) is 4.42 Å². The van der Waals surface area contributed by atoms with Crippen LogP contribution in [0.1, 0.15) is 55.3 Å². The molecule has 1 aromatic carbocycles. The number of nitrogens with zero attached hydrogens (tertiary/aromatic N) is 2. The molecular formula is C20H27FN4O4S. The van der Waals surface area contributed by atoms with Gasteiger partial charge in [-0.3, -0.25) is 0 Å². The largest absolute Gasteiger partial charge is 0.434 e. The van der Waals surface area contributed by atoms with Gasteiger partial charge in [0, 0.05) is 19.0 Å². The highest BCUT2D eigenvalue weighted by Crippen LogP contribution is 2.62. The maximum absolute atomic E-state index is 14.7. The monoisotopic (exact) mass is 438 g/mol. The summed E-state index contributed by atoms with van der Waals surface area (Å²) in [4.78, 5) is 11.5. The molecule has 2 aromatic rings. The van der Waals surface area contributed by atoms with Crippen LogP contribution in [-0.2, 0) is 10.2 Å². The first-order chi connectivity index (χ1) is 13.9. The first-order valence-corrected chi connectivity index (χ1v) is 11.5. The van der Waals surface area contributed by atoms with Crippen molar-refractivity contribution in [1.82, 2.24) is 19.2 Å². The molecule has 0 radical (unpaired) electrons. The van der Waals surface area contributed by atoms with Gasteiger partial charge in [-0.2, -0.15) is 17.4 Å². The van der Waals surface area contributed by atoms with Crippen molar-refractivity contribution in [2.45, 2.75) is 46.6 Å². The summed E-state index contributed by atoms with van der Waals surface area (Å²) in [5, 5.41) is 5.99. The molecule has 164 valence electrons. The lowest BCUT2D eigenvalue weighted by Crippen LogP contribution is -2.44. The van der Waals surface area contributed by atoms with Crippen molar-refractivity contribution in [2.24, 2.45) is 17.3 Å². The molecule has 1 aromatic heterocycles. The minimum atomic E-state index is -3.89. The summed E-state index contributed by atoms with van der Waals surface area (Å²) in [6.07, 6.45) is 0. The van der Waals surface area contributed by atoms with Gasteiger partial charge in [-0.25, -0.2) is 14.3 Å². The standard InChI is InChI=1S/C20H27FN4O4S/c1-10-6-7-15(21)16(11(10)2)12(3)17(18-22-23-19(26)29-18)24-30(27,28)25-8-13-14(9-25)20(13,4)5/h6-7,12-14,17,24H,8-9H2,1-5H3,(H,23,26)/t12-,13?,14?,17-/m0/s1. The van der Waals surface area contributed by atoms with Crippen molar-refractivity contribution in [3.05, 3.63) is 51.1 Å². The number of piperidine rings is 1. The molecule has 1 aliphatic carbocycles. The topological polar surface area (TPSA) is 108 Å². The molecule has 8 nitrogen and oxygen atoms in total. The van der Waals surface area contributed by atoms with E-state index < -0.39 is 33.7 Å². The van der Waals surface area contributed by atoms with Crippen LogP contribution in [0.2, 0.25) is 0 Å². The minimum Gasteiger partial charge on any atom is -0.391 e. The molecule has 1 saturated carbocycles. The average Bonchev–Trinajstić information content (AvgIpc) is 3.11. The fraction of sp³-hybridized carbons (Fsp3) is 0.600. The molecule has 0 bridgehead atoms. The van der Waals surface area contributed by atoms with Crippen LogP contribution in [-0.4, -0.2) is 36.0 Å². The van der Waals surface area contributed by atoms with Crippen LogP contribution in [0.25, 0.3) is 0 Å². The van der Waals surface area contributed by atoms with Crippen molar-refractivity contribution < 1.29 is 17.2 Å². The molecule has 2 fully saturated rings. The fourth-order valence-electron chi connectivity index (χ4n) is 4.80. The van der Waals surface area contributed by atoms with Crippen molar-refractivity contribution in [2.75, 3.05) is 13.1 Å². The van der Waals surface area contributed by atoms with Crippen LogP contribution < -0.4 is 10.5 Å². The summed E-state index contributed by atoms with van der Waals surface area (Å²) in [7, 11) is -3.89. The lowest BCUT2D eigenvalue weighted by molar-refractivity contribution is 0.339. The third-order valence-corrected chi connectivity index (χ3v) is 8.64. The van der Waals surface area contributed by atoms with Gasteiger partial charge in [-0.05, 0) is 53.9 Å². The van der Waals surface area contributed by atoms with E-state index in [9.17, 15) is 17.6 Å². The molecule has 2 heterocycles. The first kappa shape index (κ1) is 21.2. The van der Waals surface area contributed by atoms with Crippen LogP contribution in [0.3, 0.4) is 0 Å². The van der Waals surface area contributed by atoms with E-state index in [1.807, 2.05) is 6.92 Å². The first-order valence-electron chi connectivity index (χ1n) is 10.0. The van der Waals surface area contributed by atoms with Crippen LogP contribution in [0, 0.1) is 36.9 Å². The number of benzene rings is 1. The number of fused-ring (bicyclic) bond motifs is 1. The van der Waals surface area contributed by atoms with Crippen molar-refractivity contribution >= 4 is 10.2 Å². The van der Waals surface area contributed by atoms with Gasteiger partial charge in [0.05, 0.1) is 0 Å². The van der Waals surface area contributed by atoms with Crippen LogP contribution >= 0.6 is 0 Å². The number of rotatable bonds is 6. The van der Waals surface area contributed by atoms with Crippen molar-refractivity contribution in [1.29, 1.82) is 0 Å². The molecule has 1 saturated heterocycles. The molecule has 2 N–H and O–H groups in total. The smallest absolute Gasteiger partial charge is 0.391 e. The molecule has 4 atom stereocenters. The van der Waals surface area contributed by atoms with Gasteiger partial charge in [-0.1, -0.05) is 26.8 Å². The normalized spacial score (nSPS) is 25.1. The predicted molar refractivity (Wildman–Crippen MR) is 109 cm³/mol. The van der Waals surface area contributed by atoms with E-state index >= 15 is 0 Å². The maximum Gasteiger partial charge on any atom is 0.434 e. The van der Waals surface area contributed by atoms with Gasteiger partial charge in [0.2, 0.25) is 5.89 Å². The second-order valence-electron chi connectivity index (χ2n) is 9.09. The molecule has 10 heteroatoms. The van der Waals surface area contributed by atoms with E-state index in [0.29, 0.717) is 36.1 Å². The Morgan fingerprint density at radius 1 is 1.30 bits per heavy atom. The zero-order chi connectivity index (χ0) is 22.0. The quantitative estimate of drug-likeness (QED) is 0.720. The van der Waals surface area contributed by atoms with E-state index in [-0.39, 0.29) is 11.3 Å². The lowest BCUT2D eigenvalue weighted by atomic mass is 9.88. The summed E-state index contributed by atoms with van der Waals surface area (Å²) in [6.45, 7) is 10.5. The Hall–Kier alpha value is -2.04. The molecule has 2 unspecified atom stereocenters. The number of hydrogen-bond donors (Lipinski definition) is 2. The maximum atomic E-state index is 14.7. The lowest BCUT2D eigenvalue weighted by Gasteiger charge is -2.28. The molecule has 0 spiro atoms. The SMILES string of the molecule is Cc1ccc(F)c([C@H](C)[C@H](NS(=O)(=O)N2CC3C(C2)C3(C)C)c2n[nH]c(=O)o2)c1C. The summed E-state index contributed by atoms with van der Waals surface area (Å²) in [5.41, 5.74) is 2.12. The average molecular weight is 439 g/mol. The Morgan fingerprint density at radius 2 is 1.93 bits per heavy atom. The summed E-state index contributed by atoms with van der Waals surface area (Å²) < 4.78 is 50.1. The number of aromatic amines is 1. The zero-order valence-electron chi connectivity index (χ0n) is 17.7. The molecule has 2 aliphatic rings. The van der Waals surface area contributed by atoms with Gasteiger partial charge < -0.3 is 4.42 Å². The number of aryl methyl sites for hydroxylation is 1. The number of nitrogens with one attached hydrogen (secondary N) is 2. The number of aromatic nitrogens is 2. The van der Waals surface area contributed by atoms with Crippen LogP contribution in [0.15, 0.2) is 21.3 Å². The van der Waals surface area contributed by atoms with Crippen LogP contribution in [0.4, 0.5) is 4.39 Å². The summed E-state index contributed by atoms with van der Waals surface area (Å²) >= 11 is 0. The third-order valence-electron chi connectivity index (χ3n) is 7.11. The Kier molecular flexibility index (Phi) is 4.94. The van der Waals surface area contributed by atoms with E-state index in [0.717, 1.165) is 5.56 Å². The minimum absolute atomic E-state index is 0.124. The van der Waals surface area contributed by atoms with Gasteiger partial charge in [0.1, 0.15) is 11.9 Å². The Balaban J connectivity index is 1.67. The van der Waals surface area contributed by atoms with Gasteiger partial charge in [-0.15, -0.1) is 5.10 Å². The predicted octanol–water partition coefficient (Wildman–Crippen LogP) is 2.39. The Bertz CT molecular complexity index is 1130. The number of H-pyrrole nitrogens is 1. The third kappa shape index (κ3) is 3.40.